The number of nitrogens with one attached hydrogen (secondary N) is 2. The van der Waals surface area contributed by atoms with Crippen LogP contribution < -0.4 is 15.4 Å². The Morgan fingerprint density at radius 2 is 1.94 bits per heavy atom. The Bertz CT molecular complexity index is 825. The summed E-state index contributed by atoms with van der Waals surface area (Å²) in [7, 11) is 6.24. The summed E-state index contributed by atoms with van der Waals surface area (Å²) in [6.07, 6.45) is 4.32. The lowest BCUT2D eigenvalue weighted by Gasteiger charge is -2.25. The molecule has 3 atom stereocenters. The van der Waals surface area contributed by atoms with Crippen LogP contribution in [-0.4, -0.2) is 64.1 Å². The van der Waals surface area contributed by atoms with E-state index in [1.807, 2.05) is 12.1 Å². The smallest absolute Gasteiger partial charge is 0.375 e. The van der Waals surface area contributed by atoms with Crippen molar-refractivity contribution in [1.29, 1.82) is 0 Å². The van der Waals surface area contributed by atoms with Gasteiger partial charge in [0.15, 0.2) is 6.40 Å². The lowest BCUT2D eigenvalue weighted by Crippen LogP contribution is -2.55. The van der Waals surface area contributed by atoms with E-state index in [4.69, 9.17) is 17.5 Å². The van der Waals surface area contributed by atoms with Crippen LogP contribution >= 0.6 is 0 Å². The Kier molecular flexibility index (Phi) is 9.11. The number of fused-ring (bicyclic) bond motifs is 12. The van der Waals surface area contributed by atoms with Gasteiger partial charge in [0.05, 0.1) is 7.11 Å². The number of esters is 1. The first-order valence-corrected chi connectivity index (χ1v) is 9.79. The van der Waals surface area contributed by atoms with Gasteiger partial charge in [0.25, 0.3) is 0 Å². The van der Waals surface area contributed by atoms with Crippen molar-refractivity contribution in [1.82, 2.24) is 10.6 Å². The van der Waals surface area contributed by atoms with Gasteiger partial charge in [-0.1, -0.05) is 32.1 Å². The highest BCUT2D eigenvalue weighted by Gasteiger charge is 2.30. The van der Waals surface area contributed by atoms with Gasteiger partial charge in [-0.15, -0.1) is 0 Å². The number of hydrogen-bond donors (Lipinski definition) is 2. The predicted octanol–water partition coefficient (Wildman–Crippen LogP) is 0.473. The van der Waals surface area contributed by atoms with Gasteiger partial charge in [-0.25, -0.2) is 9.79 Å². The first-order valence-electron chi connectivity index (χ1n) is 9.79. The molecule has 10 heteroatoms. The van der Waals surface area contributed by atoms with Crippen molar-refractivity contribution in [2.45, 2.75) is 38.4 Å². The van der Waals surface area contributed by atoms with Crippen LogP contribution in [0, 0.1) is 5.92 Å². The first kappa shape index (κ1) is 24.0. The van der Waals surface area contributed by atoms with Crippen molar-refractivity contribution >= 4 is 32.2 Å². The third-order valence-electron chi connectivity index (χ3n) is 4.63. The number of carbonyl (C=O) groups is 3. The summed E-state index contributed by atoms with van der Waals surface area (Å²) in [4.78, 5) is 41.9. The van der Waals surface area contributed by atoms with Crippen molar-refractivity contribution < 1.29 is 28.5 Å². The molecule has 2 radical (unpaired) electrons. The van der Waals surface area contributed by atoms with Gasteiger partial charge >= 0.3 is 14.0 Å². The average molecular weight is 427 g/mol. The van der Waals surface area contributed by atoms with Crippen LogP contribution in [0.4, 0.5) is 0 Å². The predicted molar refractivity (Wildman–Crippen MR) is 115 cm³/mol. The molecule has 2 bridgehead atoms. The zero-order valence-electron chi connectivity index (χ0n) is 17.7. The summed E-state index contributed by atoms with van der Waals surface area (Å²) in [6, 6.07) is 4.34. The molecule has 0 saturated carbocycles. The molecule has 9 nitrogen and oxygen atoms in total. The Morgan fingerprint density at radius 3 is 2.55 bits per heavy atom. The number of ether oxygens (including phenoxy) is 2. The normalized spacial score (nSPS) is 22.6. The van der Waals surface area contributed by atoms with Crippen LogP contribution in [0.5, 0.6) is 5.75 Å². The van der Waals surface area contributed by atoms with E-state index in [-0.39, 0.29) is 18.9 Å². The van der Waals surface area contributed by atoms with Crippen LogP contribution in [0.25, 0.3) is 0 Å². The number of aliphatic imine (C=N–C) groups is 1. The van der Waals surface area contributed by atoms with E-state index in [1.54, 1.807) is 32.1 Å². The second-order valence-corrected chi connectivity index (χ2v) is 7.23. The molecule has 0 aliphatic carbocycles. The highest BCUT2D eigenvalue weighted by molar-refractivity contribution is 6.02. The fourth-order valence-electron chi connectivity index (χ4n) is 2.94. The average Bonchev–Trinajstić information content (AvgIpc) is 2.76. The number of rotatable bonds is 4. The fraction of sp³-hybridized carbons (Fsp3) is 0.429. The highest BCUT2D eigenvalue weighted by Crippen LogP contribution is 2.15. The molecule has 2 heterocycles. The molecular formula is C21H26BN3O6. The summed E-state index contributed by atoms with van der Waals surface area (Å²) in [6.45, 7) is 3.74. The lowest BCUT2D eigenvalue weighted by atomic mass is 10.0. The van der Waals surface area contributed by atoms with Crippen LogP contribution in [0.1, 0.15) is 19.4 Å². The second kappa shape index (κ2) is 11.8. The maximum atomic E-state index is 12.9. The van der Waals surface area contributed by atoms with Crippen molar-refractivity contribution in [3.05, 3.63) is 42.0 Å². The van der Waals surface area contributed by atoms with Gasteiger partial charge in [-0.2, -0.15) is 0 Å². The molecule has 0 saturated heterocycles. The Balaban J connectivity index is 2.39. The molecule has 2 amide bonds. The summed E-state index contributed by atoms with van der Waals surface area (Å²) >= 11 is 0. The quantitative estimate of drug-likeness (QED) is 0.237. The molecule has 31 heavy (non-hydrogen) atoms. The number of carbonyl (C=O) groups excluding carboxylic acids is 3. The van der Waals surface area contributed by atoms with Crippen molar-refractivity contribution in [3.8, 4) is 5.75 Å². The molecular weight excluding hydrogens is 401 g/mol. The van der Waals surface area contributed by atoms with E-state index in [9.17, 15) is 14.4 Å². The molecule has 0 aromatic heterocycles. The van der Waals surface area contributed by atoms with Crippen LogP contribution in [-0.2, 0) is 30.2 Å². The van der Waals surface area contributed by atoms with Gasteiger partial charge < -0.3 is 24.8 Å². The van der Waals surface area contributed by atoms with Gasteiger partial charge in [-0.3, -0.25) is 9.59 Å². The minimum atomic E-state index is -1.03. The maximum absolute atomic E-state index is 12.9. The molecule has 164 valence electrons. The SMILES string of the molecule is [B]OC=N[C@H]1Cc2ccc(cc2)OCC=C[C@@H](C(=O)OC)NC(=O)[C@H](C(C)C)NC1=O. The minimum absolute atomic E-state index is 0.188. The fourth-order valence-corrected chi connectivity index (χ4v) is 2.94. The number of methoxy groups -OCH3 is 1. The first-order chi connectivity index (χ1) is 14.8. The maximum Gasteiger partial charge on any atom is 0.375 e. The zero-order chi connectivity index (χ0) is 22.8. The molecule has 3 rings (SSSR count). The molecule has 0 fully saturated rings. The molecule has 2 aliphatic heterocycles. The summed E-state index contributed by atoms with van der Waals surface area (Å²) in [5, 5.41) is 5.31. The zero-order valence-corrected chi connectivity index (χ0v) is 17.7. The minimum Gasteiger partial charge on any atom is -0.560 e. The Labute approximate surface area is 182 Å². The molecule has 1 aromatic carbocycles. The third-order valence-corrected chi connectivity index (χ3v) is 4.63. The van der Waals surface area contributed by atoms with Crippen molar-refractivity contribution in [2.24, 2.45) is 10.9 Å². The second-order valence-electron chi connectivity index (χ2n) is 7.23. The molecule has 2 aliphatic rings. The van der Waals surface area contributed by atoms with Crippen molar-refractivity contribution in [2.75, 3.05) is 13.7 Å². The third kappa shape index (κ3) is 7.16. The van der Waals surface area contributed by atoms with Crippen LogP contribution in [0.15, 0.2) is 41.4 Å². The Morgan fingerprint density at radius 1 is 1.23 bits per heavy atom. The van der Waals surface area contributed by atoms with E-state index < -0.39 is 35.9 Å². The monoisotopic (exact) mass is 427 g/mol. The van der Waals surface area contributed by atoms with E-state index in [1.165, 1.54) is 13.2 Å². The van der Waals surface area contributed by atoms with Crippen molar-refractivity contribution in [3.63, 3.8) is 0 Å². The van der Waals surface area contributed by atoms with Crippen LogP contribution in [0.2, 0.25) is 0 Å². The van der Waals surface area contributed by atoms with Gasteiger partial charge in [0.1, 0.15) is 30.5 Å². The summed E-state index contributed by atoms with van der Waals surface area (Å²) in [5.41, 5.74) is 0.834. The molecule has 2 N–H and O–H groups in total. The van der Waals surface area contributed by atoms with E-state index in [2.05, 4.69) is 20.3 Å². The number of amides is 2. The number of nitrogens with zero attached hydrogens (tertiary/aromatic N) is 1. The van der Waals surface area contributed by atoms with Gasteiger partial charge in [-0.05, 0) is 29.7 Å². The topological polar surface area (TPSA) is 115 Å². The van der Waals surface area contributed by atoms with E-state index >= 15 is 0 Å². The van der Waals surface area contributed by atoms with E-state index in [0.717, 1.165) is 12.0 Å². The standard InChI is InChI=1S/C21H26BN3O6/c1-13(2)18-20(27)24-16(21(28)29-3)5-4-10-30-15-8-6-14(7-9-15)11-17(19(26)25-18)23-12-31-22/h4-9,12-13,16-18H,10-11H2,1-3H3,(H,24,27)(H,25,26)/t16-,17-,18-/m0/s1. The van der Waals surface area contributed by atoms with Gasteiger partial charge in [0, 0.05) is 6.42 Å². The summed E-state index contributed by atoms with van der Waals surface area (Å²) in [5.74, 6) is -1.32. The highest BCUT2D eigenvalue weighted by atomic mass is 16.5. The molecule has 1 aromatic rings. The van der Waals surface area contributed by atoms with Crippen LogP contribution in [0.3, 0.4) is 0 Å². The molecule has 0 spiro atoms. The molecule has 0 unspecified atom stereocenters. The largest absolute Gasteiger partial charge is 0.560 e. The van der Waals surface area contributed by atoms with E-state index in [0.29, 0.717) is 5.75 Å². The number of benzene rings is 1. The lowest BCUT2D eigenvalue weighted by molar-refractivity contribution is -0.144. The number of hydrogen-bond acceptors (Lipinski definition) is 7. The van der Waals surface area contributed by atoms with Gasteiger partial charge in [0.2, 0.25) is 11.8 Å². The Hall–Kier alpha value is -3.30. The summed E-state index contributed by atoms with van der Waals surface area (Å²) < 4.78 is 14.8.